The lowest BCUT2D eigenvalue weighted by atomic mass is 9.81. The first-order valence-corrected chi connectivity index (χ1v) is 29.2. The van der Waals surface area contributed by atoms with Crippen molar-refractivity contribution in [3.63, 3.8) is 0 Å². The number of rotatable bonds is 0. The van der Waals surface area contributed by atoms with E-state index in [1.165, 1.54) is 54.1 Å². The highest BCUT2D eigenvalue weighted by atomic mass is 32.1. The Morgan fingerprint density at radius 1 is 0.333 bits per heavy atom. The molecule has 0 atom stereocenters. The molecule has 5 heterocycles. The second-order valence-electron chi connectivity index (χ2n) is 31.0. The third-order valence-electron chi connectivity index (χ3n) is 12.3. The average molecular weight is 1050 g/mol. The van der Waals surface area contributed by atoms with Gasteiger partial charge in [0, 0.05) is 68.1 Å². The molecule has 412 valence electrons. The Bertz CT molecular complexity index is 2330. The summed E-state index contributed by atoms with van der Waals surface area (Å²) in [5, 5.41) is 5.43. The van der Waals surface area contributed by atoms with Crippen LogP contribution in [-0.4, -0.2) is 20.1 Å². The van der Waals surface area contributed by atoms with E-state index in [-0.39, 0.29) is 54.1 Å². The fraction of sp³-hybridized carbons (Fsp3) is 0.734. The highest BCUT2D eigenvalue weighted by Gasteiger charge is 2.32. The number of H-pyrrole nitrogens is 1. The normalized spacial score (nSPS) is 13.3. The number of aromatic nitrogens is 4. The van der Waals surface area contributed by atoms with Crippen LogP contribution in [0.25, 0.3) is 0 Å². The molecule has 0 aliphatic rings. The van der Waals surface area contributed by atoms with Crippen molar-refractivity contribution in [2.45, 2.75) is 310 Å². The first-order chi connectivity index (χ1) is 31.5. The van der Waals surface area contributed by atoms with E-state index in [4.69, 9.17) is 14.5 Å². The zero-order chi connectivity index (χ0) is 57.5. The first kappa shape index (κ1) is 67.5. The van der Waals surface area contributed by atoms with Gasteiger partial charge in [0.2, 0.25) is 0 Å². The number of aromatic amines is 1. The summed E-state index contributed by atoms with van der Waals surface area (Å²) in [6, 6.07) is 0. The largest absolute Gasteiger partial charge is 0.360 e. The second-order valence-corrected chi connectivity index (χ2v) is 34.4. The summed E-state index contributed by atoms with van der Waals surface area (Å²) < 4.78 is 5.44. The predicted octanol–water partition coefficient (Wildman–Crippen LogP) is 20.9. The van der Waals surface area contributed by atoms with Crippen molar-refractivity contribution in [3.05, 3.63) is 91.6 Å². The smallest absolute Gasteiger partial charge is 0.145 e. The lowest BCUT2D eigenvalue weighted by Crippen LogP contribution is -2.16. The number of aryl methyl sites for hydroxylation is 3. The van der Waals surface area contributed by atoms with Crippen LogP contribution in [0.5, 0.6) is 0 Å². The lowest BCUT2D eigenvalue weighted by Gasteiger charge is -2.22. The molecule has 0 amide bonds. The quantitative estimate of drug-likeness (QED) is 0.168. The van der Waals surface area contributed by atoms with Crippen LogP contribution >= 0.6 is 34.0 Å². The fourth-order valence-corrected chi connectivity index (χ4v) is 13.2. The molecule has 0 bridgehead atoms. The Balaban J connectivity index is 0.000000450. The zero-order valence-electron chi connectivity index (χ0n) is 54.0. The number of nitrogens with zero attached hydrogens (tertiary/aromatic N) is 3. The molecule has 5 aromatic rings. The van der Waals surface area contributed by atoms with Crippen LogP contribution in [0, 0.1) is 48.5 Å². The highest BCUT2D eigenvalue weighted by Crippen LogP contribution is 2.43. The lowest BCUT2D eigenvalue weighted by molar-refractivity contribution is 0.318. The molecule has 0 saturated carbocycles. The van der Waals surface area contributed by atoms with Crippen molar-refractivity contribution in [1.82, 2.24) is 20.1 Å². The van der Waals surface area contributed by atoms with Crippen LogP contribution in [0.15, 0.2) is 4.52 Å². The zero-order valence-corrected chi connectivity index (χ0v) is 56.4. The van der Waals surface area contributed by atoms with Gasteiger partial charge >= 0.3 is 0 Å². The van der Waals surface area contributed by atoms with Crippen LogP contribution in [0.2, 0.25) is 0 Å². The first-order valence-electron chi connectivity index (χ1n) is 26.7. The van der Waals surface area contributed by atoms with E-state index in [9.17, 15) is 0 Å². The van der Waals surface area contributed by atoms with E-state index in [1.807, 2.05) is 34.0 Å². The molecule has 8 heteroatoms. The van der Waals surface area contributed by atoms with Gasteiger partial charge in [-0.1, -0.05) is 213 Å². The predicted molar refractivity (Wildman–Crippen MR) is 326 cm³/mol. The van der Waals surface area contributed by atoms with Crippen LogP contribution in [-0.2, 0) is 54.1 Å². The molecular formula is C64H112N4OS3. The van der Waals surface area contributed by atoms with Crippen LogP contribution in [0.3, 0.4) is 0 Å². The van der Waals surface area contributed by atoms with Crippen molar-refractivity contribution in [1.29, 1.82) is 0 Å². The van der Waals surface area contributed by atoms with Gasteiger partial charge in [0.15, 0.2) is 0 Å². The highest BCUT2D eigenvalue weighted by molar-refractivity contribution is 7.13. The number of nitrogens with one attached hydrogen (secondary N) is 1. The molecular weight excluding hydrogens is 937 g/mol. The molecule has 5 aromatic heterocycles. The molecule has 0 radical (unpaired) electrons. The number of thiazole rings is 1. The van der Waals surface area contributed by atoms with Gasteiger partial charge in [0.05, 0.1) is 22.1 Å². The SMILES string of the molecule is Cc1[nH]c(C(C)(C)C)nc1C(C)(C)C.Cc1c(C(C)(C)C)noc1C(C)(C)C.Cc1c(C(C)(C)C)sc(C(C)(C)C)c1C.Cc1sc(C(C)(C)C)c(C)c1C(C)(C)C.Cc1sc(C(C)(C)C)nc1C(C)(C)C. The van der Waals surface area contributed by atoms with E-state index in [1.54, 1.807) is 20.2 Å². The fourth-order valence-electron chi connectivity index (χ4n) is 9.18. The third kappa shape index (κ3) is 18.6. The maximum atomic E-state index is 5.44. The van der Waals surface area contributed by atoms with E-state index in [0.717, 1.165) is 17.3 Å². The van der Waals surface area contributed by atoms with E-state index in [2.05, 4.69) is 266 Å². The van der Waals surface area contributed by atoms with Gasteiger partial charge in [0.25, 0.3) is 0 Å². The van der Waals surface area contributed by atoms with Crippen molar-refractivity contribution < 1.29 is 4.52 Å². The van der Waals surface area contributed by atoms with Gasteiger partial charge in [-0.3, -0.25) is 0 Å². The van der Waals surface area contributed by atoms with Crippen molar-refractivity contribution in [2.24, 2.45) is 0 Å². The minimum atomic E-state index is 0.0422. The van der Waals surface area contributed by atoms with Crippen molar-refractivity contribution in [2.75, 3.05) is 0 Å². The van der Waals surface area contributed by atoms with Gasteiger partial charge in [0.1, 0.15) is 11.6 Å². The van der Waals surface area contributed by atoms with Crippen LogP contribution in [0.4, 0.5) is 0 Å². The molecule has 5 rings (SSSR count). The molecule has 0 fully saturated rings. The minimum Gasteiger partial charge on any atom is -0.360 e. The molecule has 0 unspecified atom stereocenters. The monoisotopic (exact) mass is 1050 g/mol. The summed E-state index contributed by atoms with van der Waals surface area (Å²) in [7, 11) is 0. The third-order valence-corrected chi connectivity index (χ3v) is 17.6. The van der Waals surface area contributed by atoms with Gasteiger partial charge in [-0.25, -0.2) is 9.97 Å². The Hall–Kier alpha value is -2.55. The number of imidazole rings is 1. The van der Waals surface area contributed by atoms with E-state index in [0.29, 0.717) is 0 Å². The molecule has 0 aliphatic heterocycles. The average Bonchev–Trinajstić information content (AvgIpc) is 3.93. The summed E-state index contributed by atoms with van der Waals surface area (Å²) in [4.78, 5) is 20.3. The number of hydrogen-bond acceptors (Lipinski definition) is 7. The van der Waals surface area contributed by atoms with E-state index < -0.39 is 0 Å². The summed E-state index contributed by atoms with van der Waals surface area (Å²) in [6.07, 6.45) is 0. The van der Waals surface area contributed by atoms with Crippen molar-refractivity contribution in [3.8, 4) is 0 Å². The molecule has 0 spiro atoms. The van der Waals surface area contributed by atoms with Gasteiger partial charge in [-0.2, -0.15) is 0 Å². The number of hydrogen-bond donors (Lipinski definition) is 1. The minimum absolute atomic E-state index is 0.0422. The second kappa shape index (κ2) is 23.0. The summed E-state index contributed by atoms with van der Waals surface area (Å²) >= 11 is 5.81. The standard InChI is InChI=1S/2C14H24S.C12H22N2.C12H21NO.C12H21NS/c1-9-11(13(3,4)5)10(2)15-12(9)14(6,7)8;1-9-10(2)12(14(6,7)8)15-11(9)13(3,4)5;1-8-9(11(2,3)4)14-10(13-8)12(5,6)7;1-8-9(11(2,3)4)13-14-10(8)12(5,6)7;1-8-9(11(2,3)4)13-10(14-8)12(5,6)7/h2*1-8H3;1-7H3,(H,13,14);2*1-7H3. The molecule has 5 nitrogen and oxygen atoms in total. The molecule has 1 N–H and O–H groups in total. The Morgan fingerprint density at radius 3 is 0.917 bits per heavy atom. The van der Waals surface area contributed by atoms with Crippen molar-refractivity contribution >= 4 is 34.0 Å². The Labute approximate surface area is 457 Å². The topological polar surface area (TPSA) is 67.6 Å². The summed E-state index contributed by atoms with van der Waals surface area (Å²) in [6.45, 7) is 82.5. The van der Waals surface area contributed by atoms with Gasteiger partial charge < -0.3 is 9.51 Å². The summed E-state index contributed by atoms with van der Waals surface area (Å²) in [5.41, 5.74) is 13.8. The summed E-state index contributed by atoms with van der Waals surface area (Å²) in [5.74, 6) is 2.09. The Kier molecular flexibility index (Phi) is 21.5. The number of thiophene rings is 2. The Morgan fingerprint density at radius 2 is 0.722 bits per heavy atom. The van der Waals surface area contributed by atoms with Crippen LogP contribution < -0.4 is 0 Å². The molecule has 0 saturated heterocycles. The van der Waals surface area contributed by atoms with Gasteiger partial charge in [-0.05, 0) is 92.4 Å². The van der Waals surface area contributed by atoms with Crippen LogP contribution in [0.1, 0.15) is 299 Å². The molecule has 72 heavy (non-hydrogen) atoms. The molecule has 0 aliphatic carbocycles. The van der Waals surface area contributed by atoms with E-state index >= 15 is 0 Å². The molecule has 0 aromatic carbocycles. The maximum absolute atomic E-state index is 5.44. The van der Waals surface area contributed by atoms with Gasteiger partial charge in [-0.15, -0.1) is 34.0 Å². The maximum Gasteiger partial charge on any atom is 0.145 e.